The number of methoxy groups -OCH3 is 1. The molecule has 28 heavy (non-hydrogen) atoms. The smallest absolute Gasteiger partial charge is 0.240 e. The summed E-state index contributed by atoms with van der Waals surface area (Å²) in [5, 5.41) is 2.70. The maximum Gasteiger partial charge on any atom is 0.240 e. The van der Waals surface area contributed by atoms with Crippen LogP contribution < -0.4 is 24.2 Å². The summed E-state index contributed by atoms with van der Waals surface area (Å²) in [4.78, 5) is 12.1. The van der Waals surface area contributed by atoms with E-state index in [0.29, 0.717) is 36.1 Å². The van der Waals surface area contributed by atoms with E-state index in [1.54, 1.807) is 37.4 Å². The minimum Gasteiger partial charge on any atom is -0.497 e. The minimum absolute atomic E-state index is 0.00416. The number of fused-ring (bicyclic) bond motifs is 1. The molecule has 0 radical (unpaired) electrons. The van der Waals surface area contributed by atoms with Crippen LogP contribution >= 0.6 is 0 Å². The average molecular weight is 406 g/mol. The molecule has 0 fully saturated rings. The van der Waals surface area contributed by atoms with Crippen molar-refractivity contribution in [3.05, 3.63) is 42.5 Å². The largest absolute Gasteiger partial charge is 0.497 e. The molecule has 2 aromatic rings. The Morgan fingerprint density at radius 2 is 1.79 bits per heavy atom. The molecule has 150 valence electrons. The van der Waals surface area contributed by atoms with Gasteiger partial charge in [0, 0.05) is 31.1 Å². The maximum atomic E-state index is 12.5. The second kappa shape index (κ2) is 8.94. The van der Waals surface area contributed by atoms with E-state index in [1.807, 2.05) is 0 Å². The summed E-state index contributed by atoms with van der Waals surface area (Å²) in [6.07, 6.45) is 0.730. The van der Waals surface area contributed by atoms with Crippen molar-refractivity contribution in [1.29, 1.82) is 0 Å². The molecule has 0 aromatic heterocycles. The van der Waals surface area contributed by atoms with Crippen molar-refractivity contribution in [2.45, 2.75) is 17.7 Å². The van der Waals surface area contributed by atoms with Crippen molar-refractivity contribution in [3.63, 3.8) is 0 Å². The number of hydrogen-bond donors (Lipinski definition) is 2. The zero-order chi connectivity index (χ0) is 20.0. The lowest BCUT2D eigenvalue weighted by molar-refractivity contribution is -0.116. The van der Waals surface area contributed by atoms with Gasteiger partial charge >= 0.3 is 0 Å². The third-order valence-corrected chi connectivity index (χ3v) is 5.51. The van der Waals surface area contributed by atoms with E-state index in [0.717, 1.165) is 6.42 Å². The summed E-state index contributed by atoms with van der Waals surface area (Å²) in [5.74, 6) is 1.31. The SMILES string of the molecule is COc1ccc(NC(=O)CCNS(=O)(=O)c2ccc3c(c2)OCCCO3)cc1. The molecule has 0 atom stereocenters. The molecule has 0 bridgehead atoms. The number of carbonyl (C=O) groups is 1. The van der Waals surface area contributed by atoms with Gasteiger partial charge in [0.1, 0.15) is 5.75 Å². The summed E-state index contributed by atoms with van der Waals surface area (Å²) < 4.78 is 43.4. The fourth-order valence-corrected chi connectivity index (χ4v) is 3.64. The maximum absolute atomic E-state index is 12.5. The molecular weight excluding hydrogens is 384 g/mol. The van der Waals surface area contributed by atoms with Crippen LogP contribution in [-0.2, 0) is 14.8 Å². The molecular formula is C19H22N2O6S. The summed E-state index contributed by atoms with van der Waals surface area (Å²) >= 11 is 0. The third kappa shape index (κ3) is 5.14. The topological polar surface area (TPSA) is 103 Å². The van der Waals surface area contributed by atoms with Crippen molar-refractivity contribution in [1.82, 2.24) is 4.72 Å². The molecule has 8 nitrogen and oxygen atoms in total. The normalized spacial score (nSPS) is 13.5. The first-order valence-electron chi connectivity index (χ1n) is 8.81. The van der Waals surface area contributed by atoms with E-state index in [-0.39, 0.29) is 23.8 Å². The van der Waals surface area contributed by atoms with Crippen LogP contribution in [0.1, 0.15) is 12.8 Å². The van der Waals surface area contributed by atoms with Gasteiger partial charge in [-0.25, -0.2) is 13.1 Å². The lowest BCUT2D eigenvalue weighted by Gasteiger charge is -2.11. The molecule has 2 aromatic carbocycles. The number of rotatable bonds is 7. The molecule has 1 heterocycles. The molecule has 2 N–H and O–H groups in total. The van der Waals surface area contributed by atoms with E-state index >= 15 is 0 Å². The number of carbonyl (C=O) groups excluding carboxylic acids is 1. The Hall–Kier alpha value is -2.78. The van der Waals surface area contributed by atoms with Crippen LogP contribution in [0.4, 0.5) is 5.69 Å². The Kier molecular flexibility index (Phi) is 6.37. The lowest BCUT2D eigenvalue weighted by Crippen LogP contribution is -2.27. The number of nitrogens with one attached hydrogen (secondary N) is 2. The fraction of sp³-hybridized carbons (Fsp3) is 0.316. The van der Waals surface area contributed by atoms with Crippen molar-refractivity contribution < 1.29 is 27.4 Å². The average Bonchev–Trinajstić information content (AvgIpc) is 2.93. The van der Waals surface area contributed by atoms with Gasteiger partial charge < -0.3 is 19.5 Å². The van der Waals surface area contributed by atoms with E-state index in [4.69, 9.17) is 14.2 Å². The van der Waals surface area contributed by atoms with Crippen LogP contribution in [0.3, 0.4) is 0 Å². The molecule has 1 amide bonds. The van der Waals surface area contributed by atoms with Gasteiger partial charge in [-0.2, -0.15) is 0 Å². The van der Waals surface area contributed by atoms with Gasteiger partial charge in [0.2, 0.25) is 15.9 Å². The van der Waals surface area contributed by atoms with E-state index in [9.17, 15) is 13.2 Å². The second-order valence-electron chi connectivity index (χ2n) is 6.08. The zero-order valence-corrected chi connectivity index (χ0v) is 16.3. The monoisotopic (exact) mass is 406 g/mol. The quantitative estimate of drug-likeness (QED) is 0.731. The molecule has 0 saturated carbocycles. The van der Waals surface area contributed by atoms with Gasteiger partial charge in [-0.1, -0.05) is 0 Å². The Bertz CT molecular complexity index is 928. The Labute approximate surface area is 163 Å². The molecule has 0 spiro atoms. The molecule has 3 rings (SSSR count). The van der Waals surface area contributed by atoms with Gasteiger partial charge in [0.05, 0.1) is 25.2 Å². The predicted molar refractivity (Wildman–Crippen MR) is 103 cm³/mol. The number of anilines is 1. The lowest BCUT2D eigenvalue weighted by atomic mass is 10.3. The highest BCUT2D eigenvalue weighted by molar-refractivity contribution is 7.89. The molecule has 1 aliphatic rings. The van der Waals surface area contributed by atoms with Gasteiger partial charge in [0.15, 0.2) is 11.5 Å². The van der Waals surface area contributed by atoms with Gasteiger partial charge in [-0.3, -0.25) is 4.79 Å². The molecule has 0 aliphatic carbocycles. The van der Waals surface area contributed by atoms with Crippen LogP contribution in [0.15, 0.2) is 47.4 Å². The van der Waals surface area contributed by atoms with Crippen LogP contribution in [0.5, 0.6) is 17.2 Å². The highest BCUT2D eigenvalue weighted by atomic mass is 32.2. The van der Waals surface area contributed by atoms with Crippen LogP contribution in [0, 0.1) is 0 Å². The highest BCUT2D eigenvalue weighted by Gasteiger charge is 2.19. The summed E-state index contributed by atoms with van der Waals surface area (Å²) in [5.41, 5.74) is 0.608. The fourth-order valence-electron chi connectivity index (χ4n) is 2.59. The van der Waals surface area contributed by atoms with Crippen LogP contribution in [0.25, 0.3) is 0 Å². The number of hydrogen-bond acceptors (Lipinski definition) is 6. The van der Waals surface area contributed by atoms with Crippen LogP contribution in [-0.4, -0.2) is 41.2 Å². The Morgan fingerprint density at radius 1 is 1.07 bits per heavy atom. The Morgan fingerprint density at radius 3 is 2.50 bits per heavy atom. The second-order valence-corrected chi connectivity index (χ2v) is 7.85. The minimum atomic E-state index is -3.77. The highest BCUT2D eigenvalue weighted by Crippen LogP contribution is 2.31. The van der Waals surface area contributed by atoms with Gasteiger partial charge in [-0.05, 0) is 36.4 Å². The zero-order valence-electron chi connectivity index (χ0n) is 15.4. The number of amides is 1. The van der Waals surface area contributed by atoms with E-state index < -0.39 is 10.0 Å². The van der Waals surface area contributed by atoms with Gasteiger partial charge in [-0.15, -0.1) is 0 Å². The summed E-state index contributed by atoms with van der Waals surface area (Å²) in [6, 6.07) is 11.3. The summed E-state index contributed by atoms with van der Waals surface area (Å²) in [6.45, 7) is 0.967. The van der Waals surface area contributed by atoms with Crippen LogP contribution in [0.2, 0.25) is 0 Å². The standard InChI is InChI=1S/C19H22N2O6S/c1-25-15-5-3-14(4-6-15)21-19(22)9-10-20-28(23,24)16-7-8-17-18(13-16)27-12-2-11-26-17/h3-8,13,20H,2,9-12H2,1H3,(H,21,22). The predicted octanol–water partition coefficient (Wildman–Crippen LogP) is 2.16. The molecule has 0 saturated heterocycles. The Balaban J connectivity index is 1.54. The molecule has 0 unspecified atom stereocenters. The van der Waals surface area contributed by atoms with Crippen molar-refractivity contribution >= 4 is 21.6 Å². The van der Waals surface area contributed by atoms with Crippen molar-refractivity contribution in [2.75, 3.05) is 32.2 Å². The number of sulfonamides is 1. The first kappa shape index (κ1) is 20.0. The first-order chi connectivity index (χ1) is 13.5. The van der Waals surface area contributed by atoms with Gasteiger partial charge in [0.25, 0.3) is 0 Å². The molecule has 9 heteroatoms. The molecule has 1 aliphatic heterocycles. The number of ether oxygens (including phenoxy) is 3. The van der Waals surface area contributed by atoms with E-state index in [2.05, 4.69) is 10.0 Å². The van der Waals surface area contributed by atoms with Crippen molar-refractivity contribution in [2.24, 2.45) is 0 Å². The van der Waals surface area contributed by atoms with E-state index in [1.165, 1.54) is 12.1 Å². The van der Waals surface area contributed by atoms with Crippen molar-refractivity contribution in [3.8, 4) is 17.2 Å². The first-order valence-corrected chi connectivity index (χ1v) is 10.3. The summed E-state index contributed by atoms with van der Waals surface area (Å²) in [7, 11) is -2.21. The third-order valence-electron chi connectivity index (χ3n) is 4.05. The number of benzene rings is 2.